The molecule has 2 saturated heterocycles. The summed E-state index contributed by atoms with van der Waals surface area (Å²) in [7, 11) is -3.59. The lowest BCUT2D eigenvalue weighted by atomic mass is 10.1. The molecule has 0 unspecified atom stereocenters. The fourth-order valence-electron chi connectivity index (χ4n) is 3.74. The first-order chi connectivity index (χ1) is 13.0. The third-order valence-corrected chi connectivity index (χ3v) is 7.25. The number of nitrogens with zero attached hydrogens (tertiary/aromatic N) is 2. The molecule has 2 aliphatic rings. The second-order valence-corrected chi connectivity index (χ2v) is 9.02. The number of hydrogen-bond acceptors (Lipinski definition) is 5. The van der Waals surface area contributed by atoms with Crippen molar-refractivity contribution in [1.82, 2.24) is 9.21 Å². The molecule has 27 heavy (non-hydrogen) atoms. The second kappa shape index (κ2) is 7.26. The lowest BCUT2D eigenvalue weighted by Crippen LogP contribution is -2.40. The van der Waals surface area contributed by atoms with Crippen molar-refractivity contribution >= 4 is 26.9 Å². The van der Waals surface area contributed by atoms with Gasteiger partial charge in [-0.05, 0) is 44.4 Å². The number of rotatable bonds is 3. The summed E-state index contributed by atoms with van der Waals surface area (Å²) in [6.45, 7) is 4.81. The van der Waals surface area contributed by atoms with Crippen molar-refractivity contribution in [3.05, 3.63) is 29.5 Å². The molecule has 0 atom stereocenters. The minimum Gasteiger partial charge on any atom is -0.451 e. The summed E-state index contributed by atoms with van der Waals surface area (Å²) in [6.07, 6.45) is 3.16. The summed E-state index contributed by atoms with van der Waals surface area (Å²) in [6, 6.07) is 4.81. The molecule has 4 rings (SSSR count). The lowest BCUT2D eigenvalue weighted by molar-refractivity contribution is 0.0693. The lowest BCUT2D eigenvalue weighted by Gasteiger charge is -2.26. The van der Waals surface area contributed by atoms with E-state index in [0.717, 1.165) is 32.4 Å². The highest BCUT2D eigenvalue weighted by Crippen LogP contribution is 2.30. The van der Waals surface area contributed by atoms with Gasteiger partial charge in [0.05, 0.1) is 18.1 Å². The van der Waals surface area contributed by atoms with E-state index in [0.29, 0.717) is 48.6 Å². The summed E-state index contributed by atoms with van der Waals surface area (Å²) in [4.78, 5) is 14.9. The average Bonchev–Trinajstić information content (AvgIpc) is 3.05. The van der Waals surface area contributed by atoms with Gasteiger partial charge >= 0.3 is 0 Å². The van der Waals surface area contributed by atoms with Crippen molar-refractivity contribution in [2.24, 2.45) is 0 Å². The highest BCUT2D eigenvalue weighted by atomic mass is 32.2. The fraction of sp³-hybridized carbons (Fsp3) is 0.526. The second-order valence-electron chi connectivity index (χ2n) is 7.08. The van der Waals surface area contributed by atoms with Crippen molar-refractivity contribution in [2.45, 2.75) is 31.1 Å². The highest BCUT2D eigenvalue weighted by Gasteiger charge is 2.29. The number of sulfonamides is 1. The van der Waals surface area contributed by atoms with E-state index < -0.39 is 10.0 Å². The van der Waals surface area contributed by atoms with Gasteiger partial charge in [-0.25, -0.2) is 8.42 Å². The Hall–Kier alpha value is -1.90. The molecule has 2 aromatic rings. The van der Waals surface area contributed by atoms with Gasteiger partial charge in [0.15, 0.2) is 5.76 Å². The van der Waals surface area contributed by atoms with Crippen LogP contribution in [0.15, 0.2) is 27.5 Å². The number of amides is 1. The van der Waals surface area contributed by atoms with Crippen molar-refractivity contribution < 1.29 is 22.4 Å². The molecule has 146 valence electrons. The van der Waals surface area contributed by atoms with Crippen molar-refractivity contribution in [1.29, 1.82) is 0 Å². The predicted octanol–water partition coefficient (Wildman–Crippen LogP) is 2.39. The Balaban J connectivity index is 1.68. The summed E-state index contributed by atoms with van der Waals surface area (Å²) < 4.78 is 38.3. The molecular formula is C19H24N2O5S. The number of carbonyl (C=O) groups excluding carboxylic acids is 1. The zero-order valence-corrected chi connectivity index (χ0v) is 16.3. The van der Waals surface area contributed by atoms with Crippen LogP contribution in [0.25, 0.3) is 11.0 Å². The average molecular weight is 392 g/mol. The first-order valence-corrected chi connectivity index (χ1v) is 10.8. The topological polar surface area (TPSA) is 80.1 Å². The van der Waals surface area contributed by atoms with Gasteiger partial charge in [0.25, 0.3) is 5.91 Å². The molecule has 2 aliphatic heterocycles. The van der Waals surface area contributed by atoms with Gasteiger partial charge in [0, 0.05) is 37.1 Å². The normalized spacial score (nSPS) is 19.5. The number of aryl methyl sites for hydroxylation is 1. The predicted molar refractivity (Wildman–Crippen MR) is 100 cm³/mol. The zero-order valence-electron chi connectivity index (χ0n) is 15.4. The van der Waals surface area contributed by atoms with Crippen molar-refractivity contribution in [3.8, 4) is 0 Å². The Morgan fingerprint density at radius 2 is 1.74 bits per heavy atom. The van der Waals surface area contributed by atoms with Crippen molar-refractivity contribution in [3.63, 3.8) is 0 Å². The number of carbonyl (C=O) groups is 1. The first kappa shape index (κ1) is 18.5. The molecule has 0 spiro atoms. The molecule has 7 nitrogen and oxygen atoms in total. The van der Waals surface area contributed by atoms with Crippen LogP contribution in [0.4, 0.5) is 0 Å². The summed E-state index contributed by atoms with van der Waals surface area (Å²) in [5.74, 6) is 0.203. The van der Waals surface area contributed by atoms with E-state index in [9.17, 15) is 13.2 Å². The maximum absolute atomic E-state index is 12.9. The zero-order chi connectivity index (χ0) is 19.0. The van der Waals surface area contributed by atoms with Crippen LogP contribution in [0.5, 0.6) is 0 Å². The number of hydrogen-bond donors (Lipinski definition) is 0. The molecule has 0 bridgehead atoms. The van der Waals surface area contributed by atoms with Crippen molar-refractivity contribution in [2.75, 3.05) is 39.4 Å². The smallest absolute Gasteiger partial charge is 0.289 e. The Labute approximate surface area is 158 Å². The number of piperidine rings is 1. The largest absolute Gasteiger partial charge is 0.451 e. The molecule has 8 heteroatoms. The van der Waals surface area contributed by atoms with Crippen LogP contribution in [-0.4, -0.2) is 62.9 Å². The van der Waals surface area contributed by atoms with E-state index >= 15 is 0 Å². The van der Waals surface area contributed by atoms with Gasteiger partial charge in [0.2, 0.25) is 10.0 Å². The molecular weight excluding hydrogens is 368 g/mol. The number of furan rings is 1. The third kappa shape index (κ3) is 3.37. The Bertz CT molecular complexity index is 954. The molecule has 0 radical (unpaired) electrons. The molecule has 0 aliphatic carbocycles. The first-order valence-electron chi connectivity index (χ1n) is 9.39. The van der Waals surface area contributed by atoms with Crippen LogP contribution in [0.2, 0.25) is 0 Å². The molecule has 1 amide bonds. The number of likely N-dealkylation sites (tertiary alicyclic amines) is 1. The van der Waals surface area contributed by atoms with Crippen LogP contribution in [0.1, 0.15) is 35.4 Å². The number of morpholine rings is 1. The van der Waals surface area contributed by atoms with E-state index in [-0.39, 0.29) is 10.8 Å². The minimum absolute atomic E-state index is 0.110. The maximum Gasteiger partial charge on any atom is 0.289 e. The van der Waals surface area contributed by atoms with Crippen LogP contribution < -0.4 is 0 Å². The third-order valence-electron chi connectivity index (χ3n) is 5.35. The molecule has 3 heterocycles. The molecule has 2 fully saturated rings. The number of ether oxygens (including phenoxy) is 1. The molecule has 0 saturated carbocycles. The van der Waals surface area contributed by atoms with E-state index in [4.69, 9.17) is 9.15 Å². The Morgan fingerprint density at radius 1 is 1.04 bits per heavy atom. The Morgan fingerprint density at radius 3 is 2.44 bits per heavy atom. The Kier molecular flexibility index (Phi) is 4.96. The summed E-state index contributed by atoms with van der Waals surface area (Å²) in [5.41, 5.74) is 1.23. The van der Waals surface area contributed by atoms with E-state index in [1.807, 2.05) is 11.8 Å². The monoisotopic (exact) mass is 392 g/mol. The van der Waals surface area contributed by atoms with Crippen LogP contribution >= 0.6 is 0 Å². The molecule has 1 aromatic carbocycles. The molecule has 1 aromatic heterocycles. The maximum atomic E-state index is 12.9. The van der Waals surface area contributed by atoms with Crippen LogP contribution in [-0.2, 0) is 14.8 Å². The van der Waals surface area contributed by atoms with E-state index in [2.05, 4.69) is 0 Å². The summed E-state index contributed by atoms with van der Waals surface area (Å²) >= 11 is 0. The standard InChI is InChI=1S/C19H24N2O5S/c1-14-16-13-15(27(23,24)21-9-11-25-12-10-21)5-6-17(16)26-18(14)19(22)20-7-3-2-4-8-20/h5-6,13H,2-4,7-12H2,1H3. The number of fused-ring (bicyclic) bond motifs is 1. The van der Waals surface area contributed by atoms with Gasteiger partial charge in [-0.3, -0.25) is 4.79 Å². The fourth-order valence-corrected chi connectivity index (χ4v) is 5.18. The van der Waals surface area contributed by atoms with Gasteiger partial charge in [0.1, 0.15) is 5.58 Å². The minimum atomic E-state index is -3.59. The van der Waals surface area contributed by atoms with Crippen LogP contribution in [0, 0.1) is 6.92 Å². The van der Waals surface area contributed by atoms with Crippen LogP contribution in [0.3, 0.4) is 0 Å². The van der Waals surface area contributed by atoms with Gasteiger partial charge in [-0.2, -0.15) is 4.31 Å². The van der Waals surface area contributed by atoms with E-state index in [1.165, 1.54) is 4.31 Å². The highest BCUT2D eigenvalue weighted by molar-refractivity contribution is 7.89. The van der Waals surface area contributed by atoms with Gasteiger partial charge in [-0.15, -0.1) is 0 Å². The quantitative estimate of drug-likeness (QED) is 0.801. The summed E-state index contributed by atoms with van der Waals surface area (Å²) in [5, 5.41) is 0.671. The van der Waals surface area contributed by atoms with Gasteiger partial charge in [-0.1, -0.05) is 0 Å². The SMILES string of the molecule is Cc1c(C(=O)N2CCCCC2)oc2ccc(S(=O)(=O)N3CCOCC3)cc12. The molecule has 0 N–H and O–H groups in total. The van der Waals surface area contributed by atoms with Gasteiger partial charge < -0.3 is 14.1 Å². The van der Waals surface area contributed by atoms with E-state index in [1.54, 1.807) is 18.2 Å². The number of benzene rings is 1.